The summed E-state index contributed by atoms with van der Waals surface area (Å²) < 4.78 is 25.3. The Hall–Kier alpha value is -2.36. The van der Waals surface area contributed by atoms with Gasteiger partial charge in [-0.05, 0) is 18.2 Å². The van der Waals surface area contributed by atoms with E-state index in [1.165, 1.54) is 19.2 Å². The topological polar surface area (TPSA) is 35.5 Å². The highest BCUT2D eigenvalue weighted by Gasteiger charge is 2.51. The number of benzene rings is 2. The number of hydrogen-bond acceptors (Lipinski definition) is 3. The van der Waals surface area contributed by atoms with Crippen molar-refractivity contribution in [3.8, 4) is 11.5 Å². The van der Waals surface area contributed by atoms with Crippen molar-refractivity contribution >= 4 is 5.97 Å². The van der Waals surface area contributed by atoms with Crippen molar-refractivity contribution in [2.75, 3.05) is 7.11 Å². The van der Waals surface area contributed by atoms with Gasteiger partial charge in [0.2, 0.25) is 0 Å². The molecule has 0 saturated carbocycles. The molecule has 0 aromatic heterocycles. The Morgan fingerprint density at radius 2 is 1.89 bits per heavy atom. The van der Waals surface area contributed by atoms with Crippen LogP contribution in [0.25, 0.3) is 0 Å². The molecule has 0 saturated heterocycles. The zero-order valence-electron chi connectivity index (χ0n) is 10.2. The van der Waals surface area contributed by atoms with Gasteiger partial charge >= 0.3 is 5.97 Å². The van der Waals surface area contributed by atoms with Gasteiger partial charge in [0, 0.05) is 5.56 Å². The fourth-order valence-corrected chi connectivity index (χ4v) is 2.22. The maximum Gasteiger partial charge on any atom is 0.358 e. The molecule has 1 heterocycles. The van der Waals surface area contributed by atoms with E-state index in [9.17, 15) is 4.79 Å². The van der Waals surface area contributed by atoms with Gasteiger partial charge in [-0.2, -0.15) is 0 Å². The fraction of sp³-hybridized carbons (Fsp3) is 0.133. The molecule has 3 nitrogen and oxygen atoms in total. The summed E-state index contributed by atoms with van der Waals surface area (Å²) in [5, 5.41) is 0. The lowest BCUT2D eigenvalue weighted by Crippen LogP contribution is -2.29. The van der Waals surface area contributed by atoms with Crippen molar-refractivity contribution in [1.82, 2.24) is 0 Å². The van der Waals surface area contributed by atoms with E-state index in [2.05, 4.69) is 0 Å². The Balaban J connectivity index is 2.21. The van der Waals surface area contributed by atoms with E-state index >= 15 is 4.39 Å². The second kappa shape index (κ2) is 4.09. The zero-order chi connectivity index (χ0) is 13.5. The van der Waals surface area contributed by atoms with Gasteiger partial charge in [-0.25, -0.2) is 9.18 Å². The lowest BCUT2D eigenvalue weighted by Gasteiger charge is -2.16. The van der Waals surface area contributed by atoms with Crippen LogP contribution in [0.1, 0.15) is 11.1 Å². The summed E-state index contributed by atoms with van der Waals surface area (Å²) >= 11 is 0. The summed E-state index contributed by atoms with van der Waals surface area (Å²) in [5.41, 5.74) is -1.83. The van der Waals surface area contributed by atoms with E-state index in [1.54, 1.807) is 36.4 Å². The van der Waals surface area contributed by atoms with E-state index < -0.39 is 11.6 Å². The van der Waals surface area contributed by atoms with Crippen LogP contribution in [0.2, 0.25) is 0 Å². The first kappa shape index (κ1) is 11.7. The lowest BCUT2D eigenvalue weighted by molar-refractivity contribution is -0.142. The molecule has 4 heteroatoms. The van der Waals surface area contributed by atoms with Gasteiger partial charge in [0.05, 0.1) is 12.7 Å². The van der Waals surface area contributed by atoms with Crippen LogP contribution in [0.4, 0.5) is 4.39 Å². The molecule has 0 bridgehead atoms. The van der Waals surface area contributed by atoms with Crippen molar-refractivity contribution in [2.24, 2.45) is 0 Å². The van der Waals surface area contributed by atoms with Crippen molar-refractivity contribution < 1.29 is 18.7 Å². The molecular formula is C15H11FO3. The minimum atomic E-state index is -2.27. The molecule has 19 heavy (non-hydrogen) atoms. The molecule has 1 aliphatic heterocycles. The molecule has 3 rings (SSSR count). The number of esters is 1. The van der Waals surface area contributed by atoms with Gasteiger partial charge in [0.1, 0.15) is 11.5 Å². The average Bonchev–Trinajstić information content (AvgIpc) is 2.72. The minimum Gasteiger partial charge on any atom is -0.497 e. The second-order valence-electron chi connectivity index (χ2n) is 4.28. The maximum absolute atomic E-state index is 15.2. The number of rotatable bonds is 2. The first-order valence-corrected chi connectivity index (χ1v) is 5.81. The molecule has 1 aliphatic rings. The van der Waals surface area contributed by atoms with E-state index in [0.717, 1.165) is 0 Å². The van der Waals surface area contributed by atoms with Crippen molar-refractivity contribution in [3.05, 3.63) is 59.7 Å². The lowest BCUT2D eigenvalue weighted by atomic mass is 9.89. The van der Waals surface area contributed by atoms with Crippen LogP contribution in [-0.2, 0) is 10.5 Å². The SMILES string of the molecule is COc1ccc2c(c1)[C@](F)(c1ccccc1)C(=O)O2. The number of carbonyl (C=O) groups excluding carboxylic acids is 1. The highest BCUT2D eigenvalue weighted by Crippen LogP contribution is 2.46. The number of carbonyl (C=O) groups is 1. The van der Waals surface area contributed by atoms with Gasteiger partial charge in [-0.3, -0.25) is 0 Å². The number of halogens is 1. The number of methoxy groups -OCH3 is 1. The van der Waals surface area contributed by atoms with Crippen LogP contribution in [0.15, 0.2) is 48.5 Å². The van der Waals surface area contributed by atoms with Gasteiger partial charge in [-0.1, -0.05) is 30.3 Å². The molecular weight excluding hydrogens is 247 g/mol. The smallest absolute Gasteiger partial charge is 0.358 e. The highest BCUT2D eigenvalue weighted by molar-refractivity contribution is 5.92. The Morgan fingerprint density at radius 1 is 1.16 bits per heavy atom. The molecule has 0 aliphatic carbocycles. The van der Waals surface area contributed by atoms with Gasteiger partial charge in [0.25, 0.3) is 5.67 Å². The first-order valence-electron chi connectivity index (χ1n) is 5.81. The highest BCUT2D eigenvalue weighted by atomic mass is 19.1. The van der Waals surface area contributed by atoms with Gasteiger partial charge in [-0.15, -0.1) is 0 Å². The van der Waals surface area contributed by atoms with E-state index in [-0.39, 0.29) is 16.9 Å². The first-order chi connectivity index (χ1) is 9.16. The Labute approximate surface area is 109 Å². The molecule has 0 fully saturated rings. The second-order valence-corrected chi connectivity index (χ2v) is 4.28. The summed E-state index contributed by atoms with van der Waals surface area (Å²) in [6.45, 7) is 0. The Morgan fingerprint density at radius 3 is 2.58 bits per heavy atom. The van der Waals surface area contributed by atoms with Crippen molar-refractivity contribution in [2.45, 2.75) is 5.67 Å². The monoisotopic (exact) mass is 258 g/mol. The van der Waals surface area contributed by atoms with Crippen LogP contribution in [0, 0.1) is 0 Å². The van der Waals surface area contributed by atoms with Crippen LogP contribution < -0.4 is 9.47 Å². The summed E-state index contributed by atoms with van der Waals surface area (Å²) in [7, 11) is 1.49. The summed E-state index contributed by atoms with van der Waals surface area (Å²) in [6, 6.07) is 12.9. The predicted molar refractivity (Wildman–Crippen MR) is 67.0 cm³/mol. The minimum absolute atomic E-state index is 0.183. The number of alkyl halides is 1. The Bertz CT molecular complexity index is 639. The number of hydrogen-bond donors (Lipinski definition) is 0. The van der Waals surface area contributed by atoms with Crippen LogP contribution in [0.5, 0.6) is 11.5 Å². The standard InChI is InChI=1S/C15H11FO3/c1-18-11-7-8-13-12(9-11)15(16,14(17)19-13)10-5-3-2-4-6-10/h2-9H,1H3/t15-/m1/s1. The normalized spacial score (nSPS) is 20.8. The van der Waals surface area contributed by atoms with E-state index in [4.69, 9.17) is 9.47 Å². The molecule has 0 N–H and O–H groups in total. The van der Waals surface area contributed by atoms with Crippen LogP contribution in [0.3, 0.4) is 0 Å². The quantitative estimate of drug-likeness (QED) is 0.613. The largest absolute Gasteiger partial charge is 0.497 e. The van der Waals surface area contributed by atoms with Crippen LogP contribution in [-0.4, -0.2) is 13.1 Å². The van der Waals surface area contributed by atoms with E-state index in [0.29, 0.717) is 5.75 Å². The average molecular weight is 258 g/mol. The molecule has 1 atom stereocenters. The third kappa shape index (κ3) is 1.60. The number of ether oxygens (including phenoxy) is 2. The molecule has 96 valence electrons. The predicted octanol–water partition coefficient (Wildman–Crippen LogP) is 2.83. The molecule has 0 radical (unpaired) electrons. The Kier molecular flexibility index (Phi) is 2.52. The molecule has 2 aromatic rings. The third-order valence-corrected chi connectivity index (χ3v) is 3.21. The van der Waals surface area contributed by atoms with E-state index in [1.807, 2.05) is 0 Å². The summed E-state index contributed by atoms with van der Waals surface area (Å²) in [6.07, 6.45) is 0. The van der Waals surface area contributed by atoms with Gasteiger partial charge < -0.3 is 9.47 Å². The summed E-state index contributed by atoms with van der Waals surface area (Å²) in [5.74, 6) is -0.200. The van der Waals surface area contributed by atoms with Crippen molar-refractivity contribution in [1.29, 1.82) is 0 Å². The molecule has 0 spiro atoms. The van der Waals surface area contributed by atoms with Gasteiger partial charge in [0.15, 0.2) is 0 Å². The van der Waals surface area contributed by atoms with Crippen LogP contribution >= 0.6 is 0 Å². The zero-order valence-corrected chi connectivity index (χ0v) is 10.2. The molecule has 0 unspecified atom stereocenters. The van der Waals surface area contributed by atoms with Crippen molar-refractivity contribution in [3.63, 3.8) is 0 Å². The molecule has 0 amide bonds. The summed E-state index contributed by atoms with van der Waals surface area (Å²) in [4.78, 5) is 11.9. The third-order valence-electron chi connectivity index (χ3n) is 3.21. The fourth-order valence-electron chi connectivity index (χ4n) is 2.22. The molecule has 2 aromatic carbocycles. The number of fused-ring (bicyclic) bond motifs is 1. The maximum atomic E-state index is 15.2.